The molecule has 0 aliphatic rings. The molecule has 7 nitrogen and oxygen atoms in total. The van der Waals surface area contributed by atoms with Crippen LogP contribution in [0, 0.1) is 16.2 Å². The summed E-state index contributed by atoms with van der Waals surface area (Å²) in [7, 11) is -4.38. The largest absolute Gasteiger partial charge is 0.508 e. The predicted octanol–water partition coefficient (Wildman–Crippen LogP) is 13.0. The van der Waals surface area contributed by atoms with Gasteiger partial charge in [0.1, 0.15) is 17.2 Å². The number of benzene rings is 3. The van der Waals surface area contributed by atoms with Gasteiger partial charge in [-0.15, -0.1) is 0 Å². The zero-order valence-corrected chi connectivity index (χ0v) is 36.3. The third-order valence-electron chi connectivity index (χ3n) is 9.63. The maximum Gasteiger partial charge on any atom is 0.475 e. The standard InChI is InChI=1S/C45H69O7P/c1-40(2,3)28-43(10,11)34-16-19-37(46)31(22-34)25-50-53(49,51-26-32-23-35(17-20-38(32)47)44(12,13)29-41(4,5)6)52-27-33-24-36(18-21-39(33)48)45(14,15)30-42(7,8)9/h16-24,46-48H,25-30H2,1-15H3. The number of phenols is 3. The first-order chi connectivity index (χ1) is 23.9. The quantitative estimate of drug-likeness (QED) is 0.133. The number of aromatic hydroxyl groups is 3. The van der Waals surface area contributed by atoms with E-state index in [-0.39, 0.29) is 69.6 Å². The summed E-state index contributed by atoms with van der Waals surface area (Å²) in [4.78, 5) is 0. The van der Waals surface area contributed by atoms with Gasteiger partial charge in [0.05, 0.1) is 19.8 Å². The molecule has 3 aromatic rings. The van der Waals surface area contributed by atoms with Gasteiger partial charge in [0.15, 0.2) is 0 Å². The smallest absolute Gasteiger partial charge is 0.475 e. The van der Waals surface area contributed by atoms with Crippen molar-refractivity contribution in [3.8, 4) is 17.2 Å². The molecule has 0 saturated carbocycles. The summed E-state index contributed by atoms with van der Waals surface area (Å²) in [5, 5.41) is 32.6. The van der Waals surface area contributed by atoms with E-state index in [4.69, 9.17) is 13.6 Å². The van der Waals surface area contributed by atoms with Crippen molar-refractivity contribution in [2.24, 2.45) is 16.2 Å². The molecule has 0 heterocycles. The predicted molar refractivity (Wildman–Crippen MR) is 218 cm³/mol. The van der Waals surface area contributed by atoms with Crippen LogP contribution in [0.25, 0.3) is 0 Å². The molecular formula is C45H69O7P. The summed E-state index contributed by atoms with van der Waals surface area (Å²) in [5.41, 5.74) is 3.98. The molecule has 0 bridgehead atoms. The second-order valence-electron chi connectivity index (χ2n) is 20.7. The van der Waals surface area contributed by atoms with E-state index in [1.54, 1.807) is 18.2 Å². The van der Waals surface area contributed by atoms with E-state index in [0.29, 0.717) is 16.7 Å². The highest BCUT2D eigenvalue weighted by Gasteiger charge is 2.33. The first kappa shape index (κ1) is 44.6. The molecule has 0 aliphatic heterocycles. The monoisotopic (exact) mass is 752 g/mol. The Bertz CT molecular complexity index is 1550. The van der Waals surface area contributed by atoms with Crippen LogP contribution in [-0.2, 0) is 54.2 Å². The molecular weight excluding hydrogens is 683 g/mol. The van der Waals surface area contributed by atoms with E-state index in [2.05, 4.69) is 104 Å². The molecule has 3 N–H and O–H groups in total. The highest BCUT2D eigenvalue weighted by atomic mass is 31.2. The minimum absolute atomic E-state index is 0.00436. The summed E-state index contributed by atoms with van der Waals surface area (Å²) in [5.74, 6) is 0.0131. The van der Waals surface area contributed by atoms with E-state index < -0.39 is 7.82 Å². The van der Waals surface area contributed by atoms with Crippen molar-refractivity contribution in [3.63, 3.8) is 0 Å². The first-order valence-corrected chi connectivity index (χ1v) is 20.4. The van der Waals surface area contributed by atoms with Crippen molar-refractivity contribution in [1.29, 1.82) is 0 Å². The van der Waals surface area contributed by atoms with Gasteiger partial charge in [0.25, 0.3) is 0 Å². The van der Waals surface area contributed by atoms with E-state index in [9.17, 15) is 19.9 Å². The fraction of sp³-hybridized carbons (Fsp3) is 0.600. The number of hydrogen-bond donors (Lipinski definition) is 3. The lowest BCUT2D eigenvalue weighted by Gasteiger charge is -2.33. The maximum absolute atomic E-state index is 14.6. The van der Waals surface area contributed by atoms with Crippen LogP contribution in [0.15, 0.2) is 54.6 Å². The molecule has 0 aliphatic carbocycles. The van der Waals surface area contributed by atoms with Gasteiger partial charge in [-0.1, -0.05) is 122 Å². The van der Waals surface area contributed by atoms with Crippen LogP contribution in [0.2, 0.25) is 0 Å². The van der Waals surface area contributed by atoms with Gasteiger partial charge in [-0.2, -0.15) is 0 Å². The van der Waals surface area contributed by atoms with Crippen molar-refractivity contribution in [2.75, 3.05) is 0 Å². The molecule has 0 amide bonds. The van der Waals surface area contributed by atoms with Gasteiger partial charge < -0.3 is 15.3 Å². The van der Waals surface area contributed by atoms with Gasteiger partial charge in [-0.05, 0) is 105 Å². The van der Waals surface area contributed by atoms with Gasteiger partial charge >= 0.3 is 7.82 Å². The average Bonchev–Trinajstić information content (AvgIpc) is 2.96. The zero-order valence-electron chi connectivity index (χ0n) is 35.4. The second kappa shape index (κ2) is 16.1. The van der Waals surface area contributed by atoms with Gasteiger partial charge in [0, 0.05) is 16.7 Å². The summed E-state index contributed by atoms with van der Waals surface area (Å²) in [6, 6.07) is 16.3. The lowest BCUT2D eigenvalue weighted by atomic mass is 9.72. The van der Waals surface area contributed by atoms with Crippen LogP contribution in [-0.4, -0.2) is 15.3 Å². The van der Waals surface area contributed by atoms with Crippen molar-refractivity contribution in [3.05, 3.63) is 88.0 Å². The Balaban J connectivity index is 1.98. The molecule has 296 valence electrons. The highest BCUT2D eigenvalue weighted by molar-refractivity contribution is 7.48. The molecule has 0 radical (unpaired) electrons. The highest BCUT2D eigenvalue weighted by Crippen LogP contribution is 2.53. The fourth-order valence-corrected chi connectivity index (χ4v) is 9.32. The van der Waals surface area contributed by atoms with Crippen LogP contribution < -0.4 is 0 Å². The van der Waals surface area contributed by atoms with Crippen LogP contribution in [0.1, 0.15) is 156 Å². The van der Waals surface area contributed by atoms with Crippen molar-refractivity contribution in [1.82, 2.24) is 0 Å². The topological polar surface area (TPSA) is 105 Å². The number of hydrogen-bond acceptors (Lipinski definition) is 7. The Labute approximate surface area is 321 Å². The van der Waals surface area contributed by atoms with Crippen LogP contribution in [0.5, 0.6) is 17.2 Å². The molecule has 0 atom stereocenters. The first-order valence-electron chi connectivity index (χ1n) is 18.9. The van der Waals surface area contributed by atoms with Gasteiger partial charge in [0.2, 0.25) is 0 Å². The van der Waals surface area contributed by atoms with Crippen LogP contribution in [0.3, 0.4) is 0 Å². The summed E-state index contributed by atoms with van der Waals surface area (Å²) < 4.78 is 32.6. The van der Waals surface area contributed by atoms with Crippen LogP contribution in [0.4, 0.5) is 0 Å². The third kappa shape index (κ3) is 13.5. The molecule has 0 fully saturated rings. The van der Waals surface area contributed by atoms with E-state index in [1.807, 2.05) is 36.4 Å². The molecule has 53 heavy (non-hydrogen) atoms. The minimum Gasteiger partial charge on any atom is -0.508 e. The molecule has 0 spiro atoms. The molecule has 3 aromatic carbocycles. The molecule has 0 saturated heterocycles. The van der Waals surface area contributed by atoms with E-state index >= 15 is 0 Å². The lowest BCUT2D eigenvalue weighted by molar-refractivity contribution is 0.0962. The Morgan fingerprint density at radius 1 is 0.434 bits per heavy atom. The average molecular weight is 753 g/mol. The summed E-state index contributed by atoms with van der Waals surface area (Å²) >= 11 is 0. The lowest BCUT2D eigenvalue weighted by Crippen LogP contribution is -2.25. The molecule has 3 rings (SSSR count). The molecule has 0 unspecified atom stereocenters. The van der Waals surface area contributed by atoms with Crippen molar-refractivity contribution >= 4 is 7.82 Å². The summed E-state index contributed by atoms with van der Waals surface area (Å²) in [6.45, 7) is 32.0. The Kier molecular flexibility index (Phi) is 13.5. The zero-order chi connectivity index (χ0) is 40.4. The maximum atomic E-state index is 14.6. The summed E-state index contributed by atoms with van der Waals surface area (Å²) in [6.07, 6.45) is 2.71. The Morgan fingerprint density at radius 3 is 0.868 bits per heavy atom. The second-order valence-corrected chi connectivity index (χ2v) is 22.3. The Hall–Kier alpha value is -2.83. The van der Waals surface area contributed by atoms with Gasteiger partial charge in [-0.3, -0.25) is 13.6 Å². The van der Waals surface area contributed by atoms with Gasteiger partial charge in [-0.25, -0.2) is 4.57 Å². The number of rotatable bonds is 15. The SMILES string of the molecule is CC(C)(C)CC(C)(C)c1ccc(O)c(COP(=O)(OCc2cc(C(C)(C)CC(C)(C)C)ccc2O)OCc2cc(C(C)(C)CC(C)(C)C)ccc2O)c1. The minimum atomic E-state index is -4.38. The van der Waals surface area contributed by atoms with E-state index in [0.717, 1.165) is 36.0 Å². The fourth-order valence-electron chi connectivity index (χ4n) is 8.21. The normalized spacial score (nSPS) is 13.8. The third-order valence-corrected chi connectivity index (χ3v) is 11.0. The molecule has 0 aromatic heterocycles. The van der Waals surface area contributed by atoms with E-state index in [1.165, 1.54) is 0 Å². The number of phosphoric ester groups is 1. The van der Waals surface area contributed by atoms with Crippen molar-refractivity contribution < 1.29 is 33.5 Å². The number of phenolic OH excluding ortho intramolecular Hbond substituents is 3. The van der Waals surface area contributed by atoms with Crippen LogP contribution >= 0.6 is 7.82 Å². The number of phosphoric acid groups is 1. The van der Waals surface area contributed by atoms with Crippen molar-refractivity contribution in [2.45, 2.75) is 159 Å². The Morgan fingerprint density at radius 2 is 0.660 bits per heavy atom. The molecule has 8 heteroatoms.